The van der Waals surface area contributed by atoms with Gasteiger partial charge in [-0.2, -0.15) is 5.26 Å². The molecule has 0 aliphatic heterocycles. The Morgan fingerprint density at radius 1 is 1.15 bits per heavy atom. The summed E-state index contributed by atoms with van der Waals surface area (Å²) in [6, 6.07) is 15.7. The first kappa shape index (κ1) is 23.9. The zero-order valence-corrected chi connectivity index (χ0v) is 19.4. The van der Waals surface area contributed by atoms with E-state index >= 15 is 0 Å². The Balaban J connectivity index is 1.78. The van der Waals surface area contributed by atoms with Crippen LogP contribution in [-0.4, -0.2) is 50.6 Å². The van der Waals surface area contributed by atoms with Gasteiger partial charge < -0.3 is 19.7 Å². The van der Waals surface area contributed by atoms with Gasteiger partial charge in [0, 0.05) is 25.0 Å². The van der Waals surface area contributed by atoms with Crippen molar-refractivity contribution in [3.8, 4) is 17.7 Å². The second-order valence-corrected chi connectivity index (χ2v) is 8.30. The van der Waals surface area contributed by atoms with Crippen molar-refractivity contribution in [2.45, 2.75) is 37.1 Å². The van der Waals surface area contributed by atoms with E-state index in [0.717, 1.165) is 25.7 Å². The van der Waals surface area contributed by atoms with Crippen LogP contribution in [0.3, 0.4) is 0 Å². The van der Waals surface area contributed by atoms with E-state index in [-0.39, 0.29) is 23.3 Å². The van der Waals surface area contributed by atoms with Crippen LogP contribution in [0.2, 0.25) is 0 Å². The van der Waals surface area contributed by atoms with E-state index in [4.69, 9.17) is 20.1 Å². The van der Waals surface area contributed by atoms with E-state index in [1.807, 2.05) is 36.3 Å². The minimum atomic E-state index is -0.217. The largest absolute Gasteiger partial charge is 0.493 e. The Hall–Kier alpha value is -3.73. The van der Waals surface area contributed by atoms with Gasteiger partial charge in [0.25, 0.3) is 5.91 Å². The highest BCUT2D eigenvalue weighted by Crippen LogP contribution is 2.40. The molecule has 1 aliphatic carbocycles. The summed E-state index contributed by atoms with van der Waals surface area (Å²) in [7, 11) is 4.91. The Morgan fingerprint density at radius 3 is 2.45 bits per heavy atom. The van der Waals surface area contributed by atoms with Crippen LogP contribution in [0.1, 0.15) is 41.6 Å². The minimum Gasteiger partial charge on any atom is -0.493 e. The molecule has 8 nitrogen and oxygen atoms in total. The lowest BCUT2D eigenvalue weighted by molar-refractivity contribution is 0.0927. The van der Waals surface area contributed by atoms with Gasteiger partial charge in [0.1, 0.15) is 0 Å². The average molecular weight is 450 g/mol. The van der Waals surface area contributed by atoms with Crippen molar-refractivity contribution in [2.24, 2.45) is 0 Å². The Labute approximate surface area is 195 Å². The lowest BCUT2D eigenvalue weighted by Crippen LogP contribution is -2.49. The molecule has 3 N–H and O–H groups in total. The second kappa shape index (κ2) is 10.7. The predicted molar refractivity (Wildman–Crippen MR) is 126 cm³/mol. The lowest BCUT2D eigenvalue weighted by atomic mass is 9.68. The van der Waals surface area contributed by atoms with Crippen molar-refractivity contribution in [2.75, 3.05) is 27.8 Å². The summed E-state index contributed by atoms with van der Waals surface area (Å²) in [5, 5.41) is 22.4. The van der Waals surface area contributed by atoms with E-state index in [2.05, 4.69) is 22.8 Å². The highest BCUT2D eigenvalue weighted by atomic mass is 16.5. The first-order valence-corrected chi connectivity index (χ1v) is 11.0. The van der Waals surface area contributed by atoms with Crippen molar-refractivity contribution in [3.63, 3.8) is 0 Å². The number of nitrogens with zero attached hydrogens (tertiary/aromatic N) is 2. The number of nitrogens with one attached hydrogen (secondary N) is 3. The van der Waals surface area contributed by atoms with Gasteiger partial charge >= 0.3 is 0 Å². The van der Waals surface area contributed by atoms with Crippen LogP contribution in [0.4, 0.5) is 0 Å². The number of carbonyl (C=O) groups is 1. The maximum Gasteiger partial charge on any atom is 0.255 e. The van der Waals surface area contributed by atoms with Crippen molar-refractivity contribution in [1.82, 2.24) is 15.5 Å². The van der Waals surface area contributed by atoms with Gasteiger partial charge in [-0.05, 0) is 43.4 Å². The maximum absolute atomic E-state index is 13.1. The SMILES string of the molecule is COc1cccc(C(=O)NCC2(c3ccccc3)CCC(N(C)C(=N)NC#N)CC2)c1OC. The molecule has 8 heteroatoms. The molecule has 33 heavy (non-hydrogen) atoms. The fourth-order valence-electron chi connectivity index (χ4n) is 4.64. The van der Waals surface area contributed by atoms with Crippen molar-refractivity contribution in [1.29, 1.82) is 10.7 Å². The van der Waals surface area contributed by atoms with Crippen LogP contribution in [0.25, 0.3) is 0 Å². The number of carbonyl (C=O) groups excluding carboxylic acids is 1. The molecule has 1 aliphatic rings. The number of para-hydroxylation sites is 1. The number of nitriles is 1. The van der Waals surface area contributed by atoms with E-state index in [0.29, 0.717) is 23.6 Å². The van der Waals surface area contributed by atoms with E-state index in [9.17, 15) is 4.79 Å². The molecule has 0 unspecified atom stereocenters. The van der Waals surface area contributed by atoms with Crippen LogP contribution < -0.4 is 20.1 Å². The highest BCUT2D eigenvalue weighted by molar-refractivity contribution is 5.97. The van der Waals surface area contributed by atoms with Crippen molar-refractivity contribution < 1.29 is 14.3 Å². The molecular formula is C25H31N5O3. The van der Waals surface area contributed by atoms with Crippen LogP contribution in [0.5, 0.6) is 11.5 Å². The Morgan fingerprint density at radius 2 is 1.85 bits per heavy atom. The molecule has 0 bridgehead atoms. The molecule has 174 valence electrons. The average Bonchev–Trinajstić information content (AvgIpc) is 2.87. The number of guanidine groups is 1. The van der Waals surface area contributed by atoms with Gasteiger partial charge in [0.2, 0.25) is 5.96 Å². The standard InChI is InChI=1S/C25H31N5O3/c1-30(24(27)29-17-26)19-12-14-25(15-13-19,18-8-5-4-6-9-18)16-28-23(31)20-10-7-11-21(32-2)22(20)33-3/h4-11,19H,12-16H2,1-3H3,(H2,27,29)(H,28,31). The Kier molecular flexibility index (Phi) is 7.78. The van der Waals surface area contributed by atoms with Gasteiger partial charge in [-0.15, -0.1) is 0 Å². The molecule has 0 heterocycles. The smallest absolute Gasteiger partial charge is 0.255 e. The number of amides is 1. The van der Waals surface area contributed by atoms with Gasteiger partial charge in [0.15, 0.2) is 17.7 Å². The zero-order valence-electron chi connectivity index (χ0n) is 19.4. The number of hydrogen-bond acceptors (Lipinski definition) is 5. The van der Waals surface area contributed by atoms with Crippen LogP contribution in [-0.2, 0) is 5.41 Å². The maximum atomic E-state index is 13.1. The van der Waals surface area contributed by atoms with Crippen molar-refractivity contribution in [3.05, 3.63) is 59.7 Å². The van der Waals surface area contributed by atoms with Gasteiger partial charge in [-0.3, -0.25) is 15.5 Å². The monoisotopic (exact) mass is 449 g/mol. The number of rotatable bonds is 7. The minimum absolute atomic E-state index is 0.105. The second-order valence-electron chi connectivity index (χ2n) is 8.30. The van der Waals surface area contributed by atoms with Crippen LogP contribution in [0.15, 0.2) is 48.5 Å². The molecule has 0 spiro atoms. The number of benzene rings is 2. The van der Waals surface area contributed by atoms with Crippen LogP contribution in [0, 0.1) is 16.9 Å². The third kappa shape index (κ3) is 5.20. The van der Waals surface area contributed by atoms with Gasteiger partial charge in [-0.1, -0.05) is 36.4 Å². The third-order valence-corrected chi connectivity index (χ3v) is 6.61. The van der Waals surface area contributed by atoms with Crippen molar-refractivity contribution >= 4 is 11.9 Å². The molecule has 2 aromatic rings. The molecule has 1 fully saturated rings. The molecule has 0 atom stereocenters. The number of hydrogen-bond donors (Lipinski definition) is 3. The summed E-state index contributed by atoms with van der Waals surface area (Å²) in [4.78, 5) is 14.9. The topological polar surface area (TPSA) is 110 Å². The highest BCUT2D eigenvalue weighted by Gasteiger charge is 2.38. The molecule has 3 rings (SSSR count). The predicted octanol–water partition coefficient (Wildman–Crippen LogP) is 3.25. The summed E-state index contributed by atoms with van der Waals surface area (Å²) in [5.74, 6) is 0.827. The molecule has 0 radical (unpaired) electrons. The number of ether oxygens (including phenoxy) is 2. The molecule has 0 saturated heterocycles. The quantitative estimate of drug-likeness (QED) is 0.259. The lowest BCUT2D eigenvalue weighted by Gasteiger charge is -2.43. The zero-order chi connectivity index (χ0) is 23.8. The molecular weight excluding hydrogens is 418 g/mol. The Bertz CT molecular complexity index is 1010. The molecule has 0 aromatic heterocycles. The third-order valence-electron chi connectivity index (χ3n) is 6.61. The summed E-state index contributed by atoms with van der Waals surface area (Å²) in [6.45, 7) is 0.487. The summed E-state index contributed by atoms with van der Waals surface area (Å²) >= 11 is 0. The first-order valence-electron chi connectivity index (χ1n) is 11.0. The normalized spacial score (nSPS) is 19.6. The fraction of sp³-hybridized carbons (Fsp3) is 0.400. The van der Waals surface area contributed by atoms with E-state index in [1.54, 1.807) is 25.3 Å². The van der Waals surface area contributed by atoms with Gasteiger partial charge in [-0.25, -0.2) is 0 Å². The summed E-state index contributed by atoms with van der Waals surface area (Å²) < 4.78 is 10.8. The van der Waals surface area contributed by atoms with E-state index < -0.39 is 0 Å². The van der Waals surface area contributed by atoms with Crippen LogP contribution >= 0.6 is 0 Å². The fourth-order valence-corrected chi connectivity index (χ4v) is 4.64. The molecule has 1 saturated carbocycles. The number of methoxy groups -OCH3 is 2. The first-order chi connectivity index (χ1) is 16.0. The molecule has 1 amide bonds. The molecule has 2 aromatic carbocycles. The summed E-state index contributed by atoms with van der Waals surface area (Å²) in [5.41, 5.74) is 1.41. The summed E-state index contributed by atoms with van der Waals surface area (Å²) in [6.07, 6.45) is 5.20. The van der Waals surface area contributed by atoms with E-state index in [1.165, 1.54) is 12.7 Å². The van der Waals surface area contributed by atoms with Gasteiger partial charge in [0.05, 0.1) is 19.8 Å².